The maximum atomic E-state index is 10.9. The fraction of sp³-hybridized carbons (Fsp3) is 0.923. The van der Waals surface area contributed by atoms with Gasteiger partial charge >= 0.3 is 5.97 Å². The lowest BCUT2D eigenvalue weighted by Crippen LogP contribution is -2.53. The summed E-state index contributed by atoms with van der Waals surface area (Å²) in [5.74, 6) is 2.45. The van der Waals surface area contributed by atoms with Crippen LogP contribution < -0.4 is 0 Å². The predicted molar refractivity (Wildman–Crippen MR) is 57.3 cm³/mol. The van der Waals surface area contributed by atoms with E-state index in [1.807, 2.05) is 0 Å². The van der Waals surface area contributed by atoms with E-state index in [-0.39, 0.29) is 5.92 Å². The SMILES string of the molecule is CC1(C)[C@H]2CCC([C@@H]3C[C@H]3C(=O)O)[C@@H]1C2. The van der Waals surface area contributed by atoms with Crippen molar-refractivity contribution in [3.8, 4) is 0 Å². The Bertz CT molecular complexity index is 306. The van der Waals surface area contributed by atoms with E-state index in [1.165, 1.54) is 19.3 Å². The van der Waals surface area contributed by atoms with Crippen molar-refractivity contribution in [2.24, 2.45) is 35.0 Å². The van der Waals surface area contributed by atoms with Crippen LogP contribution in [0.1, 0.15) is 39.5 Å². The van der Waals surface area contributed by atoms with E-state index in [9.17, 15) is 4.79 Å². The van der Waals surface area contributed by atoms with Crippen LogP contribution in [0.3, 0.4) is 0 Å². The molecule has 4 aliphatic rings. The lowest BCUT2D eigenvalue weighted by atomic mass is 9.45. The Kier molecular flexibility index (Phi) is 1.79. The van der Waals surface area contributed by atoms with Crippen molar-refractivity contribution in [3.63, 3.8) is 0 Å². The minimum atomic E-state index is -0.556. The molecule has 2 heteroatoms. The van der Waals surface area contributed by atoms with Crippen LogP contribution >= 0.6 is 0 Å². The first-order chi connectivity index (χ1) is 7.01. The van der Waals surface area contributed by atoms with E-state index in [0.29, 0.717) is 11.3 Å². The van der Waals surface area contributed by atoms with E-state index in [0.717, 1.165) is 24.2 Å². The van der Waals surface area contributed by atoms with Gasteiger partial charge in [-0.05, 0) is 54.8 Å². The molecule has 4 fully saturated rings. The van der Waals surface area contributed by atoms with Gasteiger partial charge in [0.2, 0.25) is 0 Å². The van der Waals surface area contributed by atoms with Gasteiger partial charge in [0, 0.05) is 0 Å². The van der Waals surface area contributed by atoms with Gasteiger partial charge in [-0.25, -0.2) is 0 Å². The van der Waals surface area contributed by atoms with Crippen molar-refractivity contribution >= 4 is 5.97 Å². The Labute approximate surface area is 91.1 Å². The molecule has 2 bridgehead atoms. The molecular formula is C13H20O2. The fourth-order valence-electron chi connectivity index (χ4n) is 4.35. The molecule has 0 heterocycles. The van der Waals surface area contributed by atoms with Gasteiger partial charge in [-0.2, -0.15) is 0 Å². The summed E-state index contributed by atoms with van der Waals surface area (Å²) in [4.78, 5) is 10.9. The largest absolute Gasteiger partial charge is 0.481 e. The van der Waals surface area contributed by atoms with Crippen molar-refractivity contribution in [3.05, 3.63) is 0 Å². The molecule has 0 radical (unpaired) electrons. The maximum Gasteiger partial charge on any atom is 0.306 e. The number of carboxylic acid groups (broad SMARTS) is 1. The highest BCUT2D eigenvalue weighted by Crippen LogP contribution is 2.66. The molecule has 0 aliphatic heterocycles. The van der Waals surface area contributed by atoms with E-state index in [4.69, 9.17) is 5.11 Å². The van der Waals surface area contributed by atoms with Gasteiger partial charge in [0.15, 0.2) is 0 Å². The molecule has 0 spiro atoms. The zero-order valence-corrected chi connectivity index (χ0v) is 9.57. The number of carboxylic acids is 1. The third kappa shape index (κ3) is 1.20. The molecule has 0 amide bonds. The van der Waals surface area contributed by atoms with Crippen LogP contribution in [-0.2, 0) is 4.79 Å². The van der Waals surface area contributed by atoms with E-state index in [1.54, 1.807) is 0 Å². The fourth-order valence-corrected chi connectivity index (χ4v) is 4.35. The number of rotatable bonds is 2. The standard InChI is InChI=1S/C13H20O2/c1-13(2)7-3-4-8(11(13)5-7)9-6-10(9)12(14)15/h7-11H,3-6H2,1-2H3,(H,14,15)/t7-,8?,9-,10+,11-/m0/s1. The van der Waals surface area contributed by atoms with Gasteiger partial charge in [-0.3, -0.25) is 4.79 Å². The van der Waals surface area contributed by atoms with Crippen LogP contribution in [0.25, 0.3) is 0 Å². The topological polar surface area (TPSA) is 37.3 Å². The summed E-state index contributed by atoms with van der Waals surface area (Å²) in [7, 11) is 0. The Morgan fingerprint density at radius 1 is 1.20 bits per heavy atom. The summed E-state index contributed by atoms with van der Waals surface area (Å²) in [5.41, 5.74) is 0.508. The van der Waals surface area contributed by atoms with Gasteiger partial charge in [0.1, 0.15) is 0 Å². The average Bonchev–Trinajstić information content (AvgIpc) is 2.97. The van der Waals surface area contributed by atoms with Crippen LogP contribution in [0.2, 0.25) is 0 Å². The lowest BCUT2D eigenvalue weighted by Gasteiger charge is -2.60. The molecule has 4 rings (SSSR count). The molecule has 0 saturated heterocycles. The minimum absolute atomic E-state index is 0.00273. The van der Waals surface area contributed by atoms with Crippen molar-refractivity contribution in [2.75, 3.05) is 0 Å². The van der Waals surface area contributed by atoms with Crippen LogP contribution in [0, 0.1) is 35.0 Å². The number of hydrogen-bond acceptors (Lipinski definition) is 1. The Hall–Kier alpha value is -0.530. The molecule has 5 atom stereocenters. The average molecular weight is 208 g/mol. The molecule has 0 aromatic heterocycles. The summed E-state index contributed by atoms with van der Waals surface area (Å²) in [5, 5.41) is 8.98. The van der Waals surface area contributed by atoms with Gasteiger partial charge in [0.25, 0.3) is 0 Å². The molecule has 0 aromatic rings. The van der Waals surface area contributed by atoms with Gasteiger partial charge in [-0.1, -0.05) is 13.8 Å². The van der Waals surface area contributed by atoms with Crippen molar-refractivity contribution in [1.29, 1.82) is 0 Å². The third-order valence-corrected chi connectivity index (χ3v) is 5.62. The molecule has 15 heavy (non-hydrogen) atoms. The summed E-state index contributed by atoms with van der Waals surface area (Å²) >= 11 is 0. The van der Waals surface area contributed by atoms with Crippen molar-refractivity contribution < 1.29 is 9.90 Å². The highest BCUT2D eigenvalue weighted by molar-refractivity contribution is 5.73. The van der Waals surface area contributed by atoms with Crippen molar-refractivity contribution in [2.45, 2.75) is 39.5 Å². The first-order valence-electron chi connectivity index (χ1n) is 6.24. The Morgan fingerprint density at radius 3 is 2.40 bits per heavy atom. The molecule has 4 saturated carbocycles. The summed E-state index contributed by atoms with van der Waals surface area (Å²) in [6.07, 6.45) is 4.97. The molecule has 2 nitrogen and oxygen atoms in total. The van der Waals surface area contributed by atoms with Crippen LogP contribution in [0.15, 0.2) is 0 Å². The zero-order valence-electron chi connectivity index (χ0n) is 9.57. The smallest absolute Gasteiger partial charge is 0.306 e. The molecule has 1 unspecified atom stereocenters. The lowest BCUT2D eigenvalue weighted by molar-refractivity contribution is -0.141. The Morgan fingerprint density at radius 2 is 1.93 bits per heavy atom. The van der Waals surface area contributed by atoms with Gasteiger partial charge in [0.05, 0.1) is 5.92 Å². The minimum Gasteiger partial charge on any atom is -0.481 e. The van der Waals surface area contributed by atoms with Crippen LogP contribution in [0.5, 0.6) is 0 Å². The van der Waals surface area contributed by atoms with Crippen molar-refractivity contribution in [1.82, 2.24) is 0 Å². The normalized spacial score (nSPS) is 50.7. The predicted octanol–water partition coefficient (Wildman–Crippen LogP) is 2.78. The van der Waals surface area contributed by atoms with Gasteiger partial charge < -0.3 is 5.11 Å². The number of hydrogen-bond donors (Lipinski definition) is 1. The quantitative estimate of drug-likeness (QED) is 0.757. The van der Waals surface area contributed by atoms with Gasteiger partial charge in [-0.15, -0.1) is 0 Å². The molecule has 0 aromatic carbocycles. The van der Waals surface area contributed by atoms with Crippen LogP contribution in [-0.4, -0.2) is 11.1 Å². The molecular weight excluding hydrogens is 188 g/mol. The number of fused-ring (bicyclic) bond motifs is 2. The maximum absolute atomic E-state index is 10.9. The zero-order chi connectivity index (χ0) is 10.8. The Balaban J connectivity index is 1.71. The second-order valence-electron chi connectivity index (χ2n) is 6.45. The first-order valence-corrected chi connectivity index (χ1v) is 6.24. The third-order valence-electron chi connectivity index (χ3n) is 5.62. The van der Waals surface area contributed by atoms with E-state index in [2.05, 4.69) is 13.8 Å². The molecule has 84 valence electrons. The number of carbonyl (C=O) groups is 1. The van der Waals surface area contributed by atoms with Crippen LogP contribution in [0.4, 0.5) is 0 Å². The summed E-state index contributed by atoms with van der Waals surface area (Å²) < 4.78 is 0. The summed E-state index contributed by atoms with van der Waals surface area (Å²) in [6.45, 7) is 4.77. The first kappa shape index (κ1) is 9.68. The highest BCUT2D eigenvalue weighted by atomic mass is 16.4. The summed E-state index contributed by atoms with van der Waals surface area (Å²) in [6, 6.07) is 0. The molecule has 4 aliphatic carbocycles. The molecule has 1 N–H and O–H groups in total. The monoisotopic (exact) mass is 208 g/mol. The highest BCUT2D eigenvalue weighted by Gasteiger charge is 2.60. The second kappa shape index (κ2) is 2.78. The second-order valence-corrected chi connectivity index (χ2v) is 6.45. The van der Waals surface area contributed by atoms with E-state index < -0.39 is 5.97 Å². The number of aliphatic carboxylic acids is 1. The van der Waals surface area contributed by atoms with E-state index >= 15 is 0 Å².